The molecule has 0 unspecified atom stereocenters. The first-order valence-electron chi connectivity index (χ1n) is 10.1. The molecule has 0 aromatic carbocycles. The molecule has 7 heteroatoms. The van der Waals surface area contributed by atoms with Crippen molar-refractivity contribution in [3.63, 3.8) is 0 Å². The van der Waals surface area contributed by atoms with E-state index in [1.165, 1.54) is 16.2 Å². The zero-order valence-electron chi connectivity index (χ0n) is 16.9. The van der Waals surface area contributed by atoms with Crippen LogP contribution in [0.25, 0.3) is 0 Å². The van der Waals surface area contributed by atoms with Crippen molar-refractivity contribution in [2.45, 2.75) is 78.2 Å². The monoisotopic (exact) mass is 406 g/mol. The number of thiophene rings is 1. The fourth-order valence-corrected chi connectivity index (χ4v) is 5.07. The lowest BCUT2D eigenvalue weighted by atomic mass is 9.72. The van der Waals surface area contributed by atoms with Crippen molar-refractivity contribution < 1.29 is 19.5 Å². The van der Waals surface area contributed by atoms with E-state index < -0.39 is 5.97 Å². The Balaban J connectivity index is 1.79. The minimum Gasteiger partial charge on any atom is -0.481 e. The highest BCUT2D eigenvalue weighted by atomic mass is 32.1. The lowest BCUT2D eigenvalue weighted by molar-refractivity contribution is -0.137. The third kappa shape index (κ3) is 5.13. The Morgan fingerprint density at radius 3 is 2.46 bits per heavy atom. The van der Waals surface area contributed by atoms with E-state index in [1.807, 2.05) is 0 Å². The normalized spacial score (nSPS) is 19.0. The van der Waals surface area contributed by atoms with Crippen LogP contribution in [-0.4, -0.2) is 28.9 Å². The quantitative estimate of drug-likeness (QED) is 0.638. The Hall–Kier alpha value is -1.89. The number of anilines is 1. The van der Waals surface area contributed by atoms with Crippen LogP contribution in [0.15, 0.2) is 0 Å². The summed E-state index contributed by atoms with van der Waals surface area (Å²) in [4.78, 5) is 37.0. The van der Waals surface area contributed by atoms with Crippen LogP contribution in [0.1, 0.15) is 80.1 Å². The van der Waals surface area contributed by atoms with Crippen LogP contribution in [0.3, 0.4) is 0 Å². The summed E-state index contributed by atoms with van der Waals surface area (Å²) in [6, 6.07) is 0.257. The van der Waals surface area contributed by atoms with Crippen molar-refractivity contribution in [2.75, 3.05) is 5.32 Å². The number of hydrogen-bond acceptors (Lipinski definition) is 4. The van der Waals surface area contributed by atoms with Gasteiger partial charge in [-0.2, -0.15) is 0 Å². The zero-order valence-corrected chi connectivity index (χ0v) is 17.7. The summed E-state index contributed by atoms with van der Waals surface area (Å²) in [6.07, 6.45) is 5.27. The summed E-state index contributed by atoms with van der Waals surface area (Å²) in [6.45, 7) is 6.76. The topological polar surface area (TPSA) is 95.5 Å². The Morgan fingerprint density at radius 1 is 1.14 bits per heavy atom. The maximum atomic E-state index is 12.9. The molecule has 1 heterocycles. The minimum atomic E-state index is -0.905. The SMILES string of the molecule is CC(C)(C)[C@H]1CCc2c(sc(NC(=O)CCCC(=O)O)c2C(=O)NC2CC2)C1. The molecule has 2 amide bonds. The molecule has 1 fully saturated rings. The second-order valence-corrected chi connectivity index (χ2v) is 10.2. The third-order valence-electron chi connectivity index (χ3n) is 5.68. The summed E-state index contributed by atoms with van der Waals surface area (Å²) in [5, 5.41) is 15.3. The maximum Gasteiger partial charge on any atom is 0.303 e. The molecule has 0 radical (unpaired) electrons. The number of hydrogen-bond donors (Lipinski definition) is 3. The lowest BCUT2D eigenvalue weighted by Crippen LogP contribution is -2.29. The van der Waals surface area contributed by atoms with Gasteiger partial charge in [-0.25, -0.2) is 0 Å². The second-order valence-electron chi connectivity index (χ2n) is 9.06. The van der Waals surface area contributed by atoms with Gasteiger partial charge in [0.2, 0.25) is 5.91 Å². The van der Waals surface area contributed by atoms with Crippen LogP contribution in [0.2, 0.25) is 0 Å². The first-order chi connectivity index (χ1) is 13.1. The van der Waals surface area contributed by atoms with E-state index in [0.29, 0.717) is 22.9 Å². The van der Waals surface area contributed by atoms with Gasteiger partial charge in [0.1, 0.15) is 5.00 Å². The molecular formula is C21H30N2O4S. The molecule has 0 bridgehead atoms. The highest BCUT2D eigenvalue weighted by Gasteiger charge is 2.35. The van der Waals surface area contributed by atoms with E-state index in [9.17, 15) is 14.4 Å². The fraction of sp³-hybridized carbons (Fsp3) is 0.667. The van der Waals surface area contributed by atoms with Gasteiger partial charge in [0.05, 0.1) is 5.56 Å². The van der Waals surface area contributed by atoms with Crippen LogP contribution in [0.5, 0.6) is 0 Å². The van der Waals surface area contributed by atoms with Gasteiger partial charge < -0.3 is 15.7 Å². The molecule has 28 heavy (non-hydrogen) atoms. The van der Waals surface area contributed by atoms with Gasteiger partial charge in [-0.05, 0) is 55.4 Å². The number of aliphatic carboxylic acids is 1. The highest BCUT2D eigenvalue weighted by Crippen LogP contribution is 2.44. The molecule has 0 spiro atoms. The Morgan fingerprint density at radius 2 is 1.86 bits per heavy atom. The van der Waals surface area contributed by atoms with Crippen LogP contribution < -0.4 is 10.6 Å². The molecule has 1 aromatic rings. The molecule has 1 saturated carbocycles. The van der Waals surface area contributed by atoms with Gasteiger partial charge in [-0.1, -0.05) is 20.8 Å². The maximum absolute atomic E-state index is 12.9. The molecule has 1 atom stereocenters. The number of amides is 2. The molecule has 3 rings (SSSR count). The van der Waals surface area contributed by atoms with E-state index in [-0.39, 0.29) is 36.1 Å². The van der Waals surface area contributed by atoms with E-state index in [4.69, 9.17) is 5.11 Å². The fourth-order valence-electron chi connectivity index (χ4n) is 3.73. The van der Waals surface area contributed by atoms with E-state index in [1.54, 1.807) is 0 Å². The molecule has 154 valence electrons. The summed E-state index contributed by atoms with van der Waals surface area (Å²) in [7, 11) is 0. The van der Waals surface area contributed by atoms with Crippen molar-refractivity contribution in [2.24, 2.45) is 11.3 Å². The van der Waals surface area contributed by atoms with E-state index in [2.05, 4.69) is 31.4 Å². The number of carbonyl (C=O) groups is 3. The van der Waals surface area contributed by atoms with Crippen molar-refractivity contribution >= 4 is 34.1 Å². The molecule has 2 aliphatic rings. The average Bonchev–Trinajstić information content (AvgIpc) is 3.31. The van der Waals surface area contributed by atoms with Crippen LogP contribution in [0, 0.1) is 11.3 Å². The second kappa shape index (κ2) is 8.23. The van der Waals surface area contributed by atoms with Gasteiger partial charge in [0.25, 0.3) is 5.91 Å². The van der Waals surface area contributed by atoms with Crippen molar-refractivity contribution in [1.29, 1.82) is 0 Å². The average molecular weight is 407 g/mol. The van der Waals surface area contributed by atoms with Crippen molar-refractivity contribution in [3.05, 3.63) is 16.0 Å². The summed E-state index contributed by atoms with van der Waals surface area (Å²) < 4.78 is 0. The van der Waals surface area contributed by atoms with Crippen molar-refractivity contribution in [1.82, 2.24) is 5.32 Å². The molecule has 3 N–H and O–H groups in total. The standard InChI is InChI=1S/C21H30N2O4S/c1-21(2,3)12-7-10-14-15(11-12)28-20(18(14)19(27)22-13-8-9-13)23-16(24)5-4-6-17(25)26/h12-13H,4-11H2,1-3H3,(H,22,27)(H,23,24)(H,25,26)/t12-/m0/s1. The Kier molecular flexibility index (Phi) is 6.12. The molecular weight excluding hydrogens is 376 g/mol. The number of nitrogens with one attached hydrogen (secondary N) is 2. The summed E-state index contributed by atoms with van der Waals surface area (Å²) in [5.74, 6) is -0.669. The number of rotatable bonds is 7. The molecule has 2 aliphatic carbocycles. The van der Waals surface area contributed by atoms with Gasteiger partial charge in [-0.3, -0.25) is 14.4 Å². The molecule has 6 nitrogen and oxygen atoms in total. The Bertz CT molecular complexity index is 774. The number of carboxylic acid groups (broad SMARTS) is 1. The van der Waals surface area contributed by atoms with Gasteiger partial charge in [-0.15, -0.1) is 11.3 Å². The zero-order chi connectivity index (χ0) is 20.5. The number of carboxylic acids is 1. The largest absolute Gasteiger partial charge is 0.481 e. The van der Waals surface area contributed by atoms with Crippen molar-refractivity contribution in [3.8, 4) is 0 Å². The van der Waals surface area contributed by atoms with Gasteiger partial charge in [0, 0.05) is 23.8 Å². The number of carbonyl (C=O) groups excluding carboxylic acids is 2. The van der Waals surface area contributed by atoms with E-state index >= 15 is 0 Å². The smallest absolute Gasteiger partial charge is 0.303 e. The lowest BCUT2D eigenvalue weighted by Gasteiger charge is -2.33. The molecule has 1 aromatic heterocycles. The predicted octanol–water partition coefficient (Wildman–Crippen LogP) is 3.98. The third-order valence-corrected chi connectivity index (χ3v) is 6.85. The first-order valence-corrected chi connectivity index (χ1v) is 10.9. The predicted molar refractivity (Wildman–Crippen MR) is 110 cm³/mol. The van der Waals surface area contributed by atoms with Gasteiger partial charge in [0.15, 0.2) is 0 Å². The van der Waals surface area contributed by atoms with Gasteiger partial charge >= 0.3 is 5.97 Å². The minimum absolute atomic E-state index is 0.0311. The summed E-state index contributed by atoms with van der Waals surface area (Å²) >= 11 is 1.52. The molecule has 0 aliphatic heterocycles. The molecule has 0 saturated heterocycles. The van der Waals surface area contributed by atoms with Crippen LogP contribution in [0.4, 0.5) is 5.00 Å². The number of fused-ring (bicyclic) bond motifs is 1. The van der Waals surface area contributed by atoms with Crippen LogP contribution in [-0.2, 0) is 22.4 Å². The summed E-state index contributed by atoms with van der Waals surface area (Å²) in [5.41, 5.74) is 1.92. The van der Waals surface area contributed by atoms with E-state index in [0.717, 1.165) is 37.7 Å². The highest BCUT2D eigenvalue weighted by molar-refractivity contribution is 7.17. The van der Waals surface area contributed by atoms with Crippen LogP contribution >= 0.6 is 11.3 Å². The Labute approximate surface area is 170 Å². The first kappa shape index (κ1) is 20.8.